The Bertz CT molecular complexity index is 997. The lowest BCUT2D eigenvalue weighted by atomic mass is 10.1. The summed E-state index contributed by atoms with van der Waals surface area (Å²) in [6, 6.07) is 6.04. The zero-order valence-corrected chi connectivity index (χ0v) is 24.8. The number of aliphatic imine (C=N–C) groups is 2. The van der Waals surface area contributed by atoms with E-state index in [1.807, 2.05) is 30.6 Å². The molecule has 0 aromatic carbocycles. The van der Waals surface area contributed by atoms with Crippen molar-refractivity contribution in [3.63, 3.8) is 0 Å². The van der Waals surface area contributed by atoms with Crippen molar-refractivity contribution < 1.29 is 9.15 Å². The van der Waals surface area contributed by atoms with E-state index in [0.717, 1.165) is 49.5 Å². The molecule has 7 heteroatoms. The maximum atomic E-state index is 4.97. The third kappa shape index (κ3) is 6.40. The fourth-order valence-corrected chi connectivity index (χ4v) is 4.77. The van der Waals surface area contributed by atoms with Crippen LogP contribution < -0.4 is 0 Å². The third-order valence-corrected chi connectivity index (χ3v) is 6.72. The van der Waals surface area contributed by atoms with E-state index in [4.69, 9.17) is 15.0 Å². The first kappa shape index (κ1) is 28.0. The van der Waals surface area contributed by atoms with Gasteiger partial charge in [-0.2, -0.15) is 0 Å². The SMILES string of the molecule is CC(C)(C)N1CC[N+](C(C)(C)C)=C1N=Cc1cccc(C=NC2=[N+](C(C)(C)C)CCN2C(C)(C)C)n1. The van der Waals surface area contributed by atoms with Gasteiger partial charge in [0.1, 0.15) is 12.4 Å². The molecule has 36 heavy (non-hydrogen) atoms. The predicted octanol–water partition coefficient (Wildman–Crippen LogP) is 4.48. The van der Waals surface area contributed by atoms with Crippen LogP contribution in [0.3, 0.4) is 0 Å². The number of pyridine rings is 1. The maximum absolute atomic E-state index is 4.97. The van der Waals surface area contributed by atoms with Crippen LogP contribution in [0.2, 0.25) is 0 Å². The molecule has 0 saturated heterocycles. The summed E-state index contributed by atoms with van der Waals surface area (Å²) in [4.78, 5) is 19.6. The molecule has 3 heterocycles. The molecule has 0 aliphatic carbocycles. The molecular formula is C29H49N7+2. The Morgan fingerprint density at radius 3 is 1.33 bits per heavy atom. The highest BCUT2D eigenvalue weighted by Crippen LogP contribution is 2.23. The minimum absolute atomic E-state index is 0.00493. The highest BCUT2D eigenvalue weighted by Gasteiger charge is 2.42. The van der Waals surface area contributed by atoms with Crippen LogP contribution in [0, 0.1) is 0 Å². The second-order valence-electron chi connectivity index (χ2n) is 13.9. The number of guanidine groups is 2. The predicted molar refractivity (Wildman–Crippen MR) is 152 cm³/mol. The van der Waals surface area contributed by atoms with Crippen molar-refractivity contribution in [2.45, 2.75) is 105 Å². The van der Waals surface area contributed by atoms with Crippen molar-refractivity contribution in [2.24, 2.45) is 9.98 Å². The van der Waals surface area contributed by atoms with Crippen LogP contribution in [0.15, 0.2) is 28.2 Å². The first-order chi connectivity index (χ1) is 16.4. The van der Waals surface area contributed by atoms with Crippen LogP contribution in [0.5, 0.6) is 0 Å². The van der Waals surface area contributed by atoms with Gasteiger partial charge in [-0.25, -0.2) is 4.98 Å². The molecule has 0 radical (unpaired) electrons. The molecule has 1 aromatic rings. The summed E-state index contributed by atoms with van der Waals surface area (Å²) in [6.45, 7) is 30.8. The summed E-state index contributed by atoms with van der Waals surface area (Å²) >= 11 is 0. The lowest BCUT2D eigenvalue weighted by molar-refractivity contribution is -0.589. The monoisotopic (exact) mass is 495 g/mol. The fraction of sp³-hybridized carbons (Fsp3) is 0.690. The summed E-state index contributed by atoms with van der Waals surface area (Å²) < 4.78 is 4.78. The van der Waals surface area contributed by atoms with Crippen LogP contribution in [-0.2, 0) is 0 Å². The van der Waals surface area contributed by atoms with E-state index in [9.17, 15) is 0 Å². The minimum Gasteiger partial charge on any atom is -0.254 e. The second kappa shape index (κ2) is 9.71. The highest BCUT2D eigenvalue weighted by atomic mass is 15.4. The van der Waals surface area contributed by atoms with Crippen LogP contribution in [0.1, 0.15) is 94.5 Å². The van der Waals surface area contributed by atoms with Gasteiger partial charge in [0.25, 0.3) is 0 Å². The van der Waals surface area contributed by atoms with Crippen LogP contribution >= 0.6 is 0 Å². The van der Waals surface area contributed by atoms with E-state index < -0.39 is 0 Å². The Morgan fingerprint density at radius 1 is 0.667 bits per heavy atom. The van der Waals surface area contributed by atoms with Gasteiger partial charge in [0.2, 0.25) is 0 Å². The van der Waals surface area contributed by atoms with Gasteiger partial charge in [0.15, 0.2) is 0 Å². The molecule has 0 unspecified atom stereocenters. The van der Waals surface area contributed by atoms with E-state index in [1.165, 1.54) is 0 Å². The van der Waals surface area contributed by atoms with Crippen molar-refractivity contribution in [1.29, 1.82) is 0 Å². The summed E-state index contributed by atoms with van der Waals surface area (Å²) in [5.41, 5.74) is 1.68. The van der Waals surface area contributed by atoms with Gasteiger partial charge in [-0.3, -0.25) is 19.0 Å². The molecule has 7 nitrogen and oxygen atoms in total. The van der Waals surface area contributed by atoms with Gasteiger partial charge < -0.3 is 0 Å². The minimum atomic E-state index is 0.00493. The number of rotatable bonds is 2. The molecule has 1 aromatic heterocycles. The zero-order valence-electron chi connectivity index (χ0n) is 24.8. The normalized spacial score (nSPS) is 18.7. The molecule has 0 saturated carbocycles. The molecule has 0 N–H and O–H groups in total. The van der Waals surface area contributed by atoms with Crippen LogP contribution in [0.4, 0.5) is 0 Å². The fourth-order valence-electron chi connectivity index (χ4n) is 4.77. The number of hydrogen-bond acceptors (Lipinski definition) is 5. The number of hydrogen-bond donors (Lipinski definition) is 0. The molecule has 3 rings (SSSR count). The molecule has 198 valence electrons. The van der Waals surface area contributed by atoms with Gasteiger partial charge in [0, 0.05) is 0 Å². The van der Waals surface area contributed by atoms with Crippen molar-refractivity contribution in [2.75, 3.05) is 26.2 Å². The van der Waals surface area contributed by atoms with Gasteiger partial charge in [-0.05, 0) is 95.2 Å². The van der Waals surface area contributed by atoms with Gasteiger partial charge in [-0.1, -0.05) is 16.1 Å². The lowest BCUT2D eigenvalue weighted by Gasteiger charge is -2.27. The van der Waals surface area contributed by atoms with Gasteiger partial charge in [0.05, 0.1) is 59.7 Å². The summed E-state index contributed by atoms with van der Waals surface area (Å²) in [5.74, 6) is 2.03. The van der Waals surface area contributed by atoms with Crippen molar-refractivity contribution in [3.05, 3.63) is 29.6 Å². The topological polar surface area (TPSA) is 50.1 Å². The Labute approximate surface area is 219 Å². The molecular weight excluding hydrogens is 446 g/mol. The first-order valence-corrected chi connectivity index (χ1v) is 13.3. The van der Waals surface area contributed by atoms with Gasteiger partial charge in [-0.15, -0.1) is 0 Å². The van der Waals surface area contributed by atoms with Gasteiger partial charge >= 0.3 is 11.9 Å². The standard InChI is InChI=1S/C29H49N7/c1-26(2,3)33-16-17-34(27(4,5)6)24(33)30-20-22-14-13-15-23(32-22)21-31-25-35(28(7,8)9)18-19-36(25)29(10,11)12/h13-15,20-21H,16-19H2,1-12H3/q+2. The Kier molecular flexibility index (Phi) is 7.56. The smallest absolute Gasteiger partial charge is 0.254 e. The maximum Gasteiger partial charge on any atom is 0.390 e. The summed E-state index contributed by atoms with van der Waals surface area (Å²) in [6.07, 6.45) is 3.78. The number of nitrogens with zero attached hydrogens (tertiary/aromatic N) is 7. The first-order valence-electron chi connectivity index (χ1n) is 13.3. The Balaban J connectivity index is 1.93. The van der Waals surface area contributed by atoms with E-state index in [2.05, 4.69) is 102 Å². The molecule has 0 bridgehead atoms. The molecule has 2 aliphatic rings. The Hall–Kier alpha value is -2.57. The van der Waals surface area contributed by atoms with E-state index in [0.29, 0.717) is 0 Å². The van der Waals surface area contributed by atoms with E-state index >= 15 is 0 Å². The molecule has 0 fully saturated rings. The van der Waals surface area contributed by atoms with E-state index in [-0.39, 0.29) is 22.2 Å². The largest absolute Gasteiger partial charge is 0.390 e. The quantitative estimate of drug-likeness (QED) is 0.449. The highest BCUT2D eigenvalue weighted by molar-refractivity contribution is 5.93. The Morgan fingerprint density at radius 2 is 1.03 bits per heavy atom. The van der Waals surface area contributed by atoms with E-state index in [1.54, 1.807) is 0 Å². The third-order valence-electron chi connectivity index (χ3n) is 6.72. The summed E-state index contributed by atoms with van der Waals surface area (Å²) in [5, 5.41) is 0. The van der Waals surface area contributed by atoms with Crippen LogP contribution in [-0.4, -0.2) is 96.6 Å². The zero-order chi connectivity index (χ0) is 27.1. The molecule has 0 atom stereocenters. The molecule has 0 spiro atoms. The molecule has 0 amide bonds. The molecule has 2 aliphatic heterocycles. The summed E-state index contributed by atoms with van der Waals surface area (Å²) in [7, 11) is 0. The van der Waals surface area contributed by atoms with Crippen molar-refractivity contribution in [3.8, 4) is 0 Å². The lowest BCUT2D eigenvalue weighted by Crippen LogP contribution is -2.45. The van der Waals surface area contributed by atoms with Crippen molar-refractivity contribution >= 4 is 24.3 Å². The van der Waals surface area contributed by atoms with Crippen LogP contribution in [0.25, 0.3) is 0 Å². The average molecular weight is 496 g/mol. The average Bonchev–Trinajstić information content (AvgIpc) is 3.34. The second-order valence-corrected chi connectivity index (χ2v) is 13.9. The van der Waals surface area contributed by atoms with Crippen molar-refractivity contribution in [1.82, 2.24) is 14.8 Å². The number of aromatic nitrogens is 1.